The number of nitrogens with one attached hydrogen (secondary N) is 1. The molecule has 0 aromatic heterocycles. The summed E-state index contributed by atoms with van der Waals surface area (Å²) in [7, 11) is 0. The minimum absolute atomic E-state index is 0.350. The number of fused-ring (bicyclic) bond motifs is 3. The lowest BCUT2D eigenvalue weighted by Gasteiger charge is -2.43. The number of hydrogen-bond donors (Lipinski definition) is 2. The van der Waals surface area contributed by atoms with Crippen LogP contribution in [-0.4, -0.2) is 35.8 Å². The predicted octanol–water partition coefficient (Wildman–Crippen LogP) is 0.0594. The molecule has 1 unspecified atom stereocenters. The Kier molecular flexibility index (Phi) is 1.64. The predicted molar refractivity (Wildman–Crippen MR) is 37.9 cm³/mol. The van der Waals surface area contributed by atoms with Gasteiger partial charge in [0, 0.05) is 12.6 Å². The summed E-state index contributed by atoms with van der Waals surface area (Å²) < 4.78 is 0. The van der Waals surface area contributed by atoms with E-state index in [2.05, 4.69) is 10.4 Å². The van der Waals surface area contributed by atoms with Crippen molar-refractivity contribution in [1.82, 2.24) is 10.4 Å². The molecule has 3 aliphatic rings. The Balaban J connectivity index is 2.01. The molecule has 3 heteroatoms. The van der Waals surface area contributed by atoms with Crippen molar-refractivity contribution in [2.75, 3.05) is 19.6 Å². The van der Waals surface area contributed by atoms with Gasteiger partial charge in [0.25, 0.3) is 0 Å². The lowest BCUT2D eigenvalue weighted by Crippen LogP contribution is -2.55. The second kappa shape index (κ2) is 2.49. The molecule has 0 radical (unpaired) electrons. The molecule has 0 aromatic rings. The molecule has 0 aromatic carbocycles. The fourth-order valence-electron chi connectivity index (χ4n) is 2.11. The van der Waals surface area contributed by atoms with E-state index in [9.17, 15) is 0 Å². The summed E-state index contributed by atoms with van der Waals surface area (Å²) >= 11 is 0. The van der Waals surface area contributed by atoms with E-state index in [1.807, 2.05) is 0 Å². The first-order valence-electron chi connectivity index (χ1n) is 4.02. The third-order valence-corrected chi connectivity index (χ3v) is 2.82. The van der Waals surface area contributed by atoms with Crippen molar-refractivity contribution >= 4 is 0 Å². The van der Waals surface area contributed by atoms with Crippen LogP contribution in [0.3, 0.4) is 0 Å². The van der Waals surface area contributed by atoms with Crippen molar-refractivity contribution in [2.24, 2.45) is 5.92 Å². The van der Waals surface area contributed by atoms with Crippen molar-refractivity contribution in [3.63, 3.8) is 0 Å². The third-order valence-electron chi connectivity index (χ3n) is 2.82. The van der Waals surface area contributed by atoms with Crippen molar-refractivity contribution < 1.29 is 5.21 Å². The largest absolute Gasteiger partial charge is 0.316 e. The smallest absolute Gasteiger partial charge is 0.0475 e. The van der Waals surface area contributed by atoms with Gasteiger partial charge in [-0.15, -0.1) is 0 Å². The maximum absolute atomic E-state index is 8.74. The second-order valence-corrected chi connectivity index (χ2v) is 3.37. The molecule has 3 heterocycles. The second-order valence-electron chi connectivity index (χ2n) is 3.37. The summed E-state index contributed by atoms with van der Waals surface area (Å²) in [4.78, 5) is 2.41. The molecule has 3 saturated heterocycles. The molecular weight excluding hydrogens is 128 g/mol. The van der Waals surface area contributed by atoms with Gasteiger partial charge in [-0.2, -0.15) is 0 Å². The number of hydrogen-bond acceptors (Lipinski definition) is 3. The molecule has 0 aliphatic carbocycles. The van der Waals surface area contributed by atoms with Crippen LogP contribution >= 0.6 is 0 Å². The Bertz CT molecular complexity index is 121. The van der Waals surface area contributed by atoms with E-state index in [4.69, 9.17) is 5.21 Å². The number of rotatable bonds is 1. The van der Waals surface area contributed by atoms with Gasteiger partial charge < -0.3 is 10.1 Å². The lowest BCUT2D eigenvalue weighted by molar-refractivity contribution is 0.00420. The van der Waals surface area contributed by atoms with Crippen molar-refractivity contribution in [1.29, 1.82) is 0 Å². The monoisotopic (exact) mass is 142 g/mol. The third kappa shape index (κ3) is 0.944. The summed E-state index contributed by atoms with van der Waals surface area (Å²) in [6.45, 7) is 3.52. The van der Waals surface area contributed by atoms with Crippen molar-refractivity contribution in [3.05, 3.63) is 0 Å². The van der Waals surface area contributed by atoms with Crippen LogP contribution in [0.1, 0.15) is 12.8 Å². The number of hydroxylamine groups is 1. The van der Waals surface area contributed by atoms with Gasteiger partial charge in [0.1, 0.15) is 0 Å². The summed E-state index contributed by atoms with van der Waals surface area (Å²) in [5, 5.41) is 8.74. The van der Waals surface area contributed by atoms with Crippen LogP contribution < -0.4 is 5.48 Å². The van der Waals surface area contributed by atoms with E-state index in [0.717, 1.165) is 12.5 Å². The van der Waals surface area contributed by atoms with Gasteiger partial charge in [0.2, 0.25) is 0 Å². The van der Waals surface area contributed by atoms with Gasteiger partial charge in [-0.25, -0.2) is 5.48 Å². The van der Waals surface area contributed by atoms with Gasteiger partial charge in [-0.05, 0) is 31.8 Å². The van der Waals surface area contributed by atoms with E-state index >= 15 is 0 Å². The minimum atomic E-state index is 0.350. The molecule has 3 aliphatic heterocycles. The fraction of sp³-hybridized carbons (Fsp3) is 1.00. The molecule has 0 spiro atoms. The highest BCUT2D eigenvalue weighted by Gasteiger charge is 2.33. The highest BCUT2D eigenvalue weighted by atomic mass is 16.5. The topological polar surface area (TPSA) is 35.5 Å². The van der Waals surface area contributed by atoms with Crippen LogP contribution in [0.4, 0.5) is 0 Å². The van der Waals surface area contributed by atoms with Crippen LogP contribution in [0, 0.1) is 5.92 Å². The maximum atomic E-state index is 8.74. The van der Waals surface area contributed by atoms with Crippen LogP contribution in [0.25, 0.3) is 0 Å². The highest BCUT2D eigenvalue weighted by Crippen LogP contribution is 2.26. The molecule has 1 atom stereocenters. The average Bonchev–Trinajstić information content (AvgIpc) is 2.06. The van der Waals surface area contributed by atoms with E-state index in [0.29, 0.717) is 6.04 Å². The van der Waals surface area contributed by atoms with Crippen LogP contribution in [0.15, 0.2) is 0 Å². The van der Waals surface area contributed by atoms with Gasteiger partial charge in [-0.1, -0.05) is 0 Å². The van der Waals surface area contributed by atoms with E-state index < -0.39 is 0 Å². The van der Waals surface area contributed by atoms with Crippen LogP contribution in [0.2, 0.25) is 0 Å². The summed E-state index contributed by atoms with van der Waals surface area (Å²) in [5.41, 5.74) is 2.39. The Morgan fingerprint density at radius 2 is 2.00 bits per heavy atom. The zero-order valence-electron chi connectivity index (χ0n) is 6.08. The zero-order valence-corrected chi connectivity index (χ0v) is 6.08. The Morgan fingerprint density at radius 1 is 1.30 bits per heavy atom. The fourth-order valence-corrected chi connectivity index (χ4v) is 2.11. The van der Waals surface area contributed by atoms with Gasteiger partial charge in [0.15, 0.2) is 0 Å². The Labute approximate surface area is 61.0 Å². The van der Waals surface area contributed by atoms with E-state index in [1.54, 1.807) is 0 Å². The molecule has 2 bridgehead atoms. The summed E-state index contributed by atoms with van der Waals surface area (Å²) in [6.07, 6.45) is 2.52. The van der Waals surface area contributed by atoms with Crippen molar-refractivity contribution in [3.8, 4) is 0 Å². The molecule has 0 saturated carbocycles. The molecule has 58 valence electrons. The minimum Gasteiger partial charge on any atom is -0.316 e. The Hall–Kier alpha value is -0.120. The normalized spacial score (nSPS) is 45.9. The maximum Gasteiger partial charge on any atom is 0.0475 e. The molecule has 0 amide bonds. The average molecular weight is 142 g/mol. The first kappa shape index (κ1) is 6.58. The number of piperidine rings is 3. The van der Waals surface area contributed by atoms with Gasteiger partial charge in [-0.3, -0.25) is 0 Å². The highest BCUT2D eigenvalue weighted by molar-refractivity contribution is 4.88. The van der Waals surface area contributed by atoms with Gasteiger partial charge >= 0.3 is 0 Å². The first-order valence-corrected chi connectivity index (χ1v) is 4.02. The zero-order chi connectivity index (χ0) is 6.97. The van der Waals surface area contributed by atoms with Crippen LogP contribution in [-0.2, 0) is 0 Å². The van der Waals surface area contributed by atoms with E-state index in [1.165, 1.54) is 25.9 Å². The molecule has 10 heavy (non-hydrogen) atoms. The quantitative estimate of drug-likeness (QED) is 0.508. The molecule has 2 N–H and O–H groups in total. The summed E-state index contributed by atoms with van der Waals surface area (Å²) in [5.74, 6) is 0.731. The van der Waals surface area contributed by atoms with Gasteiger partial charge in [0.05, 0.1) is 0 Å². The number of nitrogens with zero attached hydrogens (tertiary/aromatic N) is 1. The SMILES string of the molecule is ONC1CN2CCC1CC2. The van der Waals surface area contributed by atoms with E-state index in [-0.39, 0.29) is 0 Å². The molecular formula is C7H14N2O. The van der Waals surface area contributed by atoms with Crippen LogP contribution in [0.5, 0.6) is 0 Å². The lowest BCUT2D eigenvalue weighted by atomic mass is 9.84. The first-order chi connectivity index (χ1) is 4.90. The molecule has 3 nitrogen and oxygen atoms in total. The Morgan fingerprint density at radius 3 is 2.30 bits per heavy atom. The molecule has 3 fully saturated rings. The summed E-state index contributed by atoms with van der Waals surface area (Å²) in [6, 6.07) is 0.350. The molecule has 3 rings (SSSR count). The van der Waals surface area contributed by atoms with Crippen molar-refractivity contribution in [2.45, 2.75) is 18.9 Å². The standard InChI is InChI=1S/C7H14N2O/c10-8-7-5-9-3-1-6(7)2-4-9/h6-8,10H,1-5H2.